The molecule has 0 bridgehead atoms. The van der Waals surface area contributed by atoms with E-state index in [1.165, 1.54) is 23.1 Å². The number of halogens is 1. The zero-order valence-corrected chi connectivity index (χ0v) is 18.5. The summed E-state index contributed by atoms with van der Waals surface area (Å²) in [5, 5.41) is 15.0. The first-order valence-corrected chi connectivity index (χ1v) is 10.8. The molecule has 0 unspecified atom stereocenters. The standard InChI is InChI=1S/C27H19FN2O5/c1-16-14-22(29-35-16)30-24(18-6-5-9-21(15-18)34-20-7-3-2-4-8-20)23(26(32)27(30)33)25(31)17-10-12-19(28)13-11-17/h2-15,24,31H,1H3/t24-/m1/s1. The number of carbonyl (C=O) groups excluding carboxylic acids is 2. The van der Waals surface area contributed by atoms with Gasteiger partial charge in [-0.15, -0.1) is 0 Å². The molecule has 3 aromatic carbocycles. The Morgan fingerprint density at radius 3 is 2.37 bits per heavy atom. The van der Waals surface area contributed by atoms with E-state index in [4.69, 9.17) is 9.26 Å². The van der Waals surface area contributed by atoms with Gasteiger partial charge in [-0.3, -0.25) is 14.5 Å². The first kappa shape index (κ1) is 22.1. The first-order chi connectivity index (χ1) is 16.9. The molecule has 174 valence electrons. The van der Waals surface area contributed by atoms with Crippen LogP contribution in [0.25, 0.3) is 5.76 Å². The van der Waals surface area contributed by atoms with Crippen molar-refractivity contribution in [3.63, 3.8) is 0 Å². The molecule has 0 saturated carbocycles. The molecular formula is C27H19FN2O5. The minimum absolute atomic E-state index is 0.127. The second-order valence-corrected chi connectivity index (χ2v) is 7.96. The highest BCUT2D eigenvalue weighted by Gasteiger charge is 2.48. The van der Waals surface area contributed by atoms with Gasteiger partial charge in [0.25, 0.3) is 5.78 Å². The van der Waals surface area contributed by atoms with Crippen LogP contribution in [0.5, 0.6) is 11.5 Å². The van der Waals surface area contributed by atoms with Crippen LogP contribution in [-0.2, 0) is 9.59 Å². The predicted octanol–water partition coefficient (Wildman–Crippen LogP) is 5.54. The number of aliphatic hydroxyl groups is 1. The average Bonchev–Trinajstić information content (AvgIpc) is 3.40. The van der Waals surface area contributed by atoms with Crippen molar-refractivity contribution >= 4 is 23.3 Å². The van der Waals surface area contributed by atoms with Crippen molar-refractivity contribution in [1.29, 1.82) is 0 Å². The molecule has 35 heavy (non-hydrogen) atoms. The largest absolute Gasteiger partial charge is 0.507 e. The van der Waals surface area contributed by atoms with Crippen molar-refractivity contribution in [2.24, 2.45) is 0 Å². The third-order valence-corrected chi connectivity index (χ3v) is 5.58. The number of ketones is 1. The maximum Gasteiger partial charge on any atom is 0.301 e. The lowest BCUT2D eigenvalue weighted by Gasteiger charge is -2.23. The van der Waals surface area contributed by atoms with E-state index in [-0.39, 0.29) is 17.0 Å². The van der Waals surface area contributed by atoms with Crippen LogP contribution < -0.4 is 9.64 Å². The van der Waals surface area contributed by atoms with Crippen LogP contribution >= 0.6 is 0 Å². The SMILES string of the molecule is Cc1cc(N2C(=O)C(=O)C(=C(O)c3ccc(F)cc3)[C@H]2c2cccc(Oc3ccccc3)c2)no1. The quantitative estimate of drug-likeness (QED) is 0.234. The number of benzene rings is 3. The van der Waals surface area contributed by atoms with E-state index in [0.717, 1.165) is 12.1 Å². The average molecular weight is 470 g/mol. The molecule has 4 aromatic rings. The molecule has 0 radical (unpaired) electrons. The lowest BCUT2D eigenvalue weighted by Crippen LogP contribution is -2.29. The number of nitrogens with zero attached hydrogens (tertiary/aromatic N) is 2. The van der Waals surface area contributed by atoms with Gasteiger partial charge in [0.15, 0.2) is 5.82 Å². The number of amides is 1. The topological polar surface area (TPSA) is 92.9 Å². The van der Waals surface area contributed by atoms with Crippen LogP contribution in [-0.4, -0.2) is 22.0 Å². The number of carbonyl (C=O) groups is 2. The van der Waals surface area contributed by atoms with E-state index in [2.05, 4.69) is 5.16 Å². The van der Waals surface area contributed by atoms with Gasteiger partial charge < -0.3 is 14.4 Å². The van der Waals surface area contributed by atoms with Crippen molar-refractivity contribution in [3.8, 4) is 11.5 Å². The number of aliphatic hydroxyl groups excluding tert-OH is 1. The fourth-order valence-electron chi connectivity index (χ4n) is 3.99. The van der Waals surface area contributed by atoms with Gasteiger partial charge in [0.2, 0.25) is 0 Å². The number of hydrogen-bond acceptors (Lipinski definition) is 6. The third kappa shape index (κ3) is 4.17. The van der Waals surface area contributed by atoms with Gasteiger partial charge in [-0.05, 0) is 61.0 Å². The van der Waals surface area contributed by atoms with Gasteiger partial charge in [-0.25, -0.2) is 4.39 Å². The highest BCUT2D eigenvalue weighted by Crippen LogP contribution is 2.42. The van der Waals surface area contributed by atoms with E-state index < -0.39 is 29.3 Å². The van der Waals surface area contributed by atoms with Crippen LogP contribution in [0.4, 0.5) is 10.2 Å². The van der Waals surface area contributed by atoms with Crippen molar-refractivity contribution in [2.45, 2.75) is 13.0 Å². The number of rotatable bonds is 5. The zero-order valence-electron chi connectivity index (χ0n) is 18.5. The molecular weight excluding hydrogens is 451 g/mol. The van der Waals surface area contributed by atoms with Gasteiger partial charge in [-0.2, -0.15) is 0 Å². The summed E-state index contributed by atoms with van der Waals surface area (Å²) in [7, 11) is 0. The summed E-state index contributed by atoms with van der Waals surface area (Å²) in [6.07, 6.45) is 0. The highest BCUT2D eigenvalue weighted by molar-refractivity contribution is 6.51. The van der Waals surface area contributed by atoms with Crippen LogP contribution in [0.2, 0.25) is 0 Å². The molecule has 7 nitrogen and oxygen atoms in total. The summed E-state index contributed by atoms with van der Waals surface area (Å²) in [6.45, 7) is 1.66. The number of aryl methyl sites for hydroxylation is 1. The van der Waals surface area contributed by atoms with Crippen molar-refractivity contribution in [3.05, 3.63) is 113 Å². The van der Waals surface area contributed by atoms with Crippen LogP contribution in [0.15, 0.2) is 95.0 Å². The molecule has 1 aliphatic rings. The van der Waals surface area contributed by atoms with E-state index >= 15 is 0 Å². The fraction of sp³-hybridized carbons (Fsp3) is 0.0741. The van der Waals surface area contributed by atoms with Crippen molar-refractivity contribution in [1.82, 2.24) is 5.16 Å². The lowest BCUT2D eigenvalue weighted by molar-refractivity contribution is -0.132. The molecule has 1 saturated heterocycles. The number of para-hydroxylation sites is 1. The van der Waals surface area contributed by atoms with Crippen LogP contribution in [0.3, 0.4) is 0 Å². The smallest absolute Gasteiger partial charge is 0.301 e. The van der Waals surface area contributed by atoms with Crippen molar-refractivity contribution < 1.29 is 28.3 Å². The summed E-state index contributed by atoms with van der Waals surface area (Å²) in [4.78, 5) is 27.5. The minimum Gasteiger partial charge on any atom is -0.507 e. The van der Waals surface area contributed by atoms with E-state index in [1.54, 1.807) is 43.3 Å². The summed E-state index contributed by atoms with van der Waals surface area (Å²) in [6, 6.07) is 21.5. The number of hydrogen-bond donors (Lipinski definition) is 1. The Kier molecular flexibility index (Phi) is 5.62. The Labute approximate surface area is 199 Å². The molecule has 1 N–H and O–H groups in total. The van der Waals surface area contributed by atoms with Gasteiger partial charge >= 0.3 is 5.91 Å². The van der Waals surface area contributed by atoms with E-state index in [9.17, 15) is 19.1 Å². The normalized spacial score (nSPS) is 17.1. The van der Waals surface area contributed by atoms with Gasteiger partial charge in [0.05, 0.1) is 11.6 Å². The molecule has 0 spiro atoms. The van der Waals surface area contributed by atoms with Crippen LogP contribution in [0.1, 0.15) is 22.9 Å². The van der Waals surface area contributed by atoms with Gasteiger partial charge in [0.1, 0.15) is 28.8 Å². The monoisotopic (exact) mass is 470 g/mol. The molecule has 1 atom stereocenters. The van der Waals surface area contributed by atoms with E-state index in [1.807, 2.05) is 18.2 Å². The summed E-state index contributed by atoms with van der Waals surface area (Å²) in [5.74, 6) is -1.04. The molecule has 5 rings (SSSR count). The number of anilines is 1. The molecule has 1 amide bonds. The number of aromatic nitrogens is 1. The maximum absolute atomic E-state index is 13.5. The van der Waals surface area contributed by atoms with Gasteiger partial charge in [0, 0.05) is 11.6 Å². The Morgan fingerprint density at radius 2 is 1.69 bits per heavy atom. The fourth-order valence-corrected chi connectivity index (χ4v) is 3.99. The Hall–Kier alpha value is -4.72. The molecule has 8 heteroatoms. The lowest BCUT2D eigenvalue weighted by atomic mass is 9.95. The Balaban J connectivity index is 1.65. The maximum atomic E-state index is 13.5. The molecule has 1 aromatic heterocycles. The second-order valence-electron chi connectivity index (χ2n) is 7.96. The summed E-state index contributed by atoms with van der Waals surface area (Å²) >= 11 is 0. The summed E-state index contributed by atoms with van der Waals surface area (Å²) in [5.41, 5.74) is 0.545. The molecule has 0 aliphatic carbocycles. The zero-order chi connectivity index (χ0) is 24.5. The number of Topliss-reactive ketones (excluding diaryl/α,β-unsaturated/α-hetero) is 1. The van der Waals surface area contributed by atoms with Crippen LogP contribution in [0, 0.1) is 12.7 Å². The minimum atomic E-state index is -1.02. The predicted molar refractivity (Wildman–Crippen MR) is 125 cm³/mol. The molecule has 1 fully saturated rings. The van der Waals surface area contributed by atoms with Crippen molar-refractivity contribution in [2.75, 3.05) is 4.90 Å². The van der Waals surface area contributed by atoms with Gasteiger partial charge in [-0.1, -0.05) is 35.5 Å². The second kappa shape index (κ2) is 8.90. The third-order valence-electron chi connectivity index (χ3n) is 5.58. The first-order valence-electron chi connectivity index (χ1n) is 10.8. The van der Waals surface area contributed by atoms with E-state index in [0.29, 0.717) is 22.8 Å². The highest BCUT2D eigenvalue weighted by atomic mass is 19.1. The number of ether oxygens (including phenoxy) is 1. The Morgan fingerprint density at radius 1 is 0.971 bits per heavy atom. The molecule has 2 heterocycles. The molecule has 1 aliphatic heterocycles. The Bertz CT molecular complexity index is 1440. The summed E-state index contributed by atoms with van der Waals surface area (Å²) < 4.78 is 24.5.